The molecular formula is C17H22ClFO2. The van der Waals surface area contributed by atoms with Crippen molar-refractivity contribution in [2.45, 2.75) is 37.5 Å². The summed E-state index contributed by atoms with van der Waals surface area (Å²) in [6.45, 7) is 0. The van der Waals surface area contributed by atoms with E-state index in [1.165, 1.54) is 38.9 Å². The van der Waals surface area contributed by atoms with Crippen LogP contribution in [0.5, 0.6) is 11.5 Å². The van der Waals surface area contributed by atoms with Gasteiger partial charge < -0.3 is 9.47 Å². The maximum atomic E-state index is 14.2. The molecule has 1 aromatic carbocycles. The van der Waals surface area contributed by atoms with Gasteiger partial charge in [-0.1, -0.05) is 6.42 Å². The molecule has 2 fully saturated rings. The van der Waals surface area contributed by atoms with Crippen molar-refractivity contribution >= 4 is 11.6 Å². The van der Waals surface area contributed by atoms with E-state index in [-0.39, 0.29) is 11.2 Å². The first-order valence-corrected chi connectivity index (χ1v) is 8.11. The minimum absolute atomic E-state index is 0.297. The van der Waals surface area contributed by atoms with E-state index >= 15 is 0 Å². The van der Waals surface area contributed by atoms with Gasteiger partial charge in [-0.05, 0) is 49.5 Å². The van der Waals surface area contributed by atoms with Gasteiger partial charge in [-0.2, -0.15) is 0 Å². The molecular weight excluding hydrogens is 291 g/mol. The fraction of sp³-hybridized carbons (Fsp3) is 0.647. The second kappa shape index (κ2) is 6.04. The Labute approximate surface area is 130 Å². The van der Waals surface area contributed by atoms with Gasteiger partial charge in [-0.15, -0.1) is 11.6 Å². The minimum Gasteiger partial charge on any atom is -0.493 e. The summed E-state index contributed by atoms with van der Waals surface area (Å²) in [4.78, 5) is 0. The van der Waals surface area contributed by atoms with Crippen LogP contribution in [0.1, 0.15) is 43.0 Å². The molecule has 0 aliphatic heterocycles. The Balaban J connectivity index is 1.76. The van der Waals surface area contributed by atoms with E-state index < -0.39 is 0 Å². The Morgan fingerprint density at radius 2 is 1.90 bits per heavy atom. The van der Waals surface area contributed by atoms with Crippen LogP contribution in [0.3, 0.4) is 0 Å². The largest absolute Gasteiger partial charge is 0.493 e. The highest BCUT2D eigenvalue weighted by Gasteiger charge is 2.40. The topological polar surface area (TPSA) is 18.5 Å². The molecule has 21 heavy (non-hydrogen) atoms. The molecule has 0 N–H and O–H groups in total. The second-order valence-electron chi connectivity index (χ2n) is 6.37. The predicted octanol–water partition coefficient (Wildman–Crippen LogP) is 4.95. The molecule has 1 aromatic rings. The van der Waals surface area contributed by atoms with E-state index in [0.717, 1.165) is 18.3 Å². The highest BCUT2D eigenvalue weighted by Crippen LogP contribution is 2.52. The molecule has 2 bridgehead atoms. The van der Waals surface area contributed by atoms with E-state index in [2.05, 4.69) is 0 Å². The predicted molar refractivity (Wildman–Crippen MR) is 81.7 cm³/mol. The van der Waals surface area contributed by atoms with E-state index in [9.17, 15) is 4.39 Å². The molecule has 2 aliphatic rings. The molecule has 4 heteroatoms. The first-order chi connectivity index (χ1) is 10.1. The first kappa shape index (κ1) is 15.0. The quantitative estimate of drug-likeness (QED) is 0.716. The fourth-order valence-electron chi connectivity index (χ4n) is 4.17. The molecule has 2 nitrogen and oxygen atoms in total. The average Bonchev–Trinajstić information content (AvgIpc) is 3.09. The van der Waals surface area contributed by atoms with Crippen molar-refractivity contribution < 1.29 is 13.9 Å². The third kappa shape index (κ3) is 2.85. The van der Waals surface area contributed by atoms with Gasteiger partial charge in [0.2, 0.25) is 0 Å². The number of rotatable bonds is 5. The zero-order valence-corrected chi connectivity index (χ0v) is 13.3. The van der Waals surface area contributed by atoms with Gasteiger partial charge in [0, 0.05) is 11.6 Å². The fourth-order valence-corrected chi connectivity index (χ4v) is 4.56. The molecule has 4 unspecified atom stereocenters. The lowest BCUT2D eigenvalue weighted by molar-refractivity contribution is 0.309. The Kier molecular flexibility index (Phi) is 4.30. The Morgan fingerprint density at radius 3 is 2.48 bits per heavy atom. The van der Waals surface area contributed by atoms with Crippen LogP contribution in [-0.2, 0) is 0 Å². The van der Waals surface area contributed by atoms with E-state index in [0.29, 0.717) is 23.0 Å². The summed E-state index contributed by atoms with van der Waals surface area (Å²) >= 11 is 6.52. The maximum absolute atomic E-state index is 14.2. The Hall–Kier alpha value is -0.960. The lowest BCUT2D eigenvalue weighted by Crippen LogP contribution is -2.13. The van der Waals surface area contributed by atoms with Gasteiger partial charge in [0.25, 0.3) is 0 Å². The van der Waals surface area contributed by atoms with Crippen molar-refractivity contribution in [1.29, 1.82) is 0 Å². The molecule has 0 aromatic heterocycles. The van der Waals surface area contributed by atoms with Crippen LogP contribution in [0.4, 0.5) is 4.39 Å². The van der Waals surface area contributed by atoms with E-state index in [4.69, 9.17) is 21.1 Å². The third-order valence-corrected chi connectivity index (χ3v) is 5.65. The standard InChI is InChI=1S/C17H22ClFO2/c1-20-16-8-13(15(19)9-17(16)21-2)14(18)7-12-6-10-3-4-11(12)5-10/h8-12,14H,3-7H2,1-2H3. The summed E-state index contributed by atoms with van der Waals surface area (Å²) < 4.78 is 24.6. The number of benzene rings is 1. The van der Waals surface area contributed by atoms with Crippen molar-refractivity contribution in [2.24, 2.45) is 17.8 Å². The smallest absolute Gasteiger partial charge is 0.163 e. The zero-order valence-electron chi connectivity index (χ0n) is 12.6. The van der Waals surface area contributed by atoms with Gasteiger partial charge in [-0.25, -0.2) is 4.39 Å². The average molecular weight is 313 g/mol. The number of alkyl halides is 1. The number of hydrogen-bond donors (Lipinski definition) is 0. The van der Waals surface area contributed by atoms with Crippen LogP contribution in [0.2, 0.25) is 0 Å². The van der Waals surface area contributed by atoms with Crippen LogP contribution < -0.4 is 9.47 Å². The van der Waals surface area contributed by atoms with E-state index in [1.54, 1.807) is 13.2 Å². The summed E-state index contributed by atoms with van der Waals surface area (Å²) in [5.74, 6) is 2.98. The molecule has 4 atom stereocenters. The molecule has 0 saturated heterocycles. The van der Waals surface area contributed by atoms with Gasteiger partial charge in [0.1, 0.15) is 5.82 Å². The van der Waals surface area contributed by atoms with Crippen molar-refractivity contribution in [3.63, 3.8) is 0 Å². The summed E-state index contributed by atoms with van der Waals surface area (Å²) in [7, 11) is 3.06. The molecule has 0 heterocycles. The normalized spacial score (nSPS) is 28.7. The Morgan fingerprint density at radius 1 is 1.19 bits per heavy atom. The van der Waals surface area contributed by atoms with Crippen LogP contribution >= 0.6 is 11.6 Å². The van der Waals surface area contributed by atoms with Crippen molar-refractivity contribution in [1.82, 2.24) is 0 Å². The highest BCUT2D eigenvalue weighted by atomic mass is 35.5. The molecule has 2 saturated carbocycles. The molecule has 2 aliphatic carbocycles. The molecule has 3 rings (SSSR count). The van der Waals surface area contributed by atoms with Gasteiger partial charge in [-0.3, -0.25) is 0 Å². The summed E-state index contributed by atoms with van der Waals surface area (Å²) in [6.07, 6.45) is 6.17. The van der Waals surface area contributed by atoms with Gasteiger partial charge in [0.05, 0.1) is 19.6 Å². The summed E-state index contributed by atoms with van der Waals surface area (Å²) in [5.41, 5.74) is 0.525. The van der Waals surface area contributed by atoms with Crippen molar-refractivity contribution in [3.8, 4) is 11.5 Å². The number of methoxy groups -OCH3 is 2. The molecule has 0 amide bonds. The van der Waals surface area contributed by atoms with Crippen molar-refractivity contribution in [3.05, 3.63) is 23.5 Å². The number of fused-ring (bicyclic) bond motifs is 2. The number of halogens is 2. The Bertz CT molecular complexity index is 520. The monoisotopic (exact) mass is 312 g/mol. The summed E-state index contributed by atoms with van der Waals surface area (Å²) in [6, 6.07) is 3.05. The van der Waals surface area contributed by atoms with Crippen LogP contribution in [0.25, 0.3) is 0 Å². The lowest BCUT2D eigenvalue weighted by Gasteiger charge is -2.24. The van der Waals surface area contributed by atoms with E-state index in [1.807, 2.05) is 0 Å². The number of ether oxygens (including phenoxy) is 2. The van der Waals surface area contributed by atoms with Gasteiger partial charge in [0.15, 0.2) is 11.5 Å². The number of hydrogen-bond acceptors (Lipinski definition) is 2. The summed E-state index contributed by atoms with van der Waals surface area (Å²) in [5, 5.41) is -0.297. The molecule has 0 spiro atoms. The maximum Gasteiger partial charge on any atom is 0.163 e. The SMILES string of the molecule is COc1cc(F)c(C(Cl)CC2CC3CCC2C3)cc1OC. The lowest BCUT2D eigenvalue weighted by atomic mass is 9.84. The minimum atomic E-state index is -0.309. The third-order valence-electron chi connectivity index (χ3n) is 5.23. The van der Waals surface area contributed by atoms with Crippen LogP contribution in [0.15, 0.2) is 12.1 Å². The molecule has 116 valence electrons. The molecule has 0 radical (unpaired) electrons. The van der Waals surface area contributed by atoms with Gasteiger partial charge >= 0.3 is 0 Å². The zero-order chi connectivity index (χ0) is 15.0. The second-order valence-corrected chi connectivity index (χ2v) is 6.89. The van der Waals surface area contributed by atoms with Crippen LogP contribution in [0, 0.1) is 23.6 Å². The van der Waals surface area contributed by atoms with Crippen LogP contribution in [-0.4, -0.2) is 14.2 Å². The van der Waals surface area contributed by atoms with Crippen molar-refractivity contribution in [2.75, 3.05) is 14.2 Å². The first-order valence-electron chi connectivity index (χ1n) is 7.67. The highest BCUT2D eigenvalue weighted by molar-refractivity contribution is 6.20.